The Morgan fingerprint density at radius 3 is 2.33 bits per heavy atom. The number of aromatic nitrogens is 2. The highest BCUT2D eigenvalue weighted by Gasteiger charge is 2.39. The maximum Gasteiger partial charge on any atom is 0.271 e. The zero-order valence-electron chi connectivity index (χ0n) is 24.0. The van der Waals surface area contributed by atoms with Crippen LogP contribution in [0.2, 0.25) is 0 Å². The van der Waals surface area contributed by atoms with E-state index in [0.717, 1.165) is 47.4 Å². The molecule has 2 aliphatic rings. The van der Waals surface area contributed by atoms with Crippen LogP contribution in [0.25, 0.3) is 11.0 Å². The molecule has 3 aromatic carbocycles. The summed E-state index contributed by atoms with van der Waals surface area (Å²) in [5.74, 6) is -0.100. The van der Waals surface area contributed by atoms with Gasteiger partial charge in [0.25, 0.3) is 5.91 Å². The van der Waals surface area contributed by atoms with Gasteiger partial charge < -0.3 is 24.8 Å². The molecule has 8 heteroatoms. The van der Waals surface area contributed by atoms with Crippen molar-refractivity contribution >= 4 is 16.9 Å². The van der Waals surface area contributed by atoms with Gasteiger partial charge in [-0.15, -0.1) is 0 Å². The molecule has 1 aromatic heterocycles. The summed E-state index contributed by atoms with van der Waals surface area (Å²) in [7, 11) is 0. The number of hydrogen-bond donors (Lipinski definition) is 2. The van der Waals surface area contributed by atoms with Gasteiger partial charge in [0.1, 0.15) is 5.69 Å². The number of nitrogens with one attached hydrogen (secondary N) is 1. The number of hydrogen-bond acceptors (Lipinski definition) is 7. The monoisotopic (exact) mass is 566 g/mol. The van der Waals surface area contributed by atoms with Crippen molar-refractivity contribution in [2.24, 2.45) is 5.92 Å². The summed E-state index contributed by atoms with van der Waals surface area (Å²) in [6.07, 6.45) is 4.66. The number of aliphatic hydroxyl groups excluding tert-OH is 1. The van der Waals surface area contributed by atoms with Crippen LogP contribution in [0.15, 0.2) is 79.0 Å². The van der Waals surface area contributed by atoms with Gasteiger partial charge in [-0.1, -0.05) is 74.0 Å². The van der Waals surface area contributed by atoms with Crippen LogP contribution in [0, 0.1) is 5.92 Å². The molecule has 8 nitrogen and oxygen atoms in total. The van der Waals surface area contributed by atoms with E-state index in [2.05, 4.69) is 39.2 Å². The average Bonchev–Trinajstić information content (AvgIpc) is 3.05. The Balaban J connectivity index is 1.14. The SMILES string of the molecule is CC1C(CN2CCCCC2)OC(c2ccc(CNC(=O)c3cnc4ccccc4n3)cc2)OC1c1ccc(CO)cc1. The minimum atomic E-state index is -0.505. The lowest BCUT2D eigenvalue weighted by molar-refractivity contribution is -0.276. The second-order valence-corrected chi connectivity index (χ2v) is 11.4. The fourth-order valence-electron chi connectivity index (χ4n) is 5.86. The van der Waals surface area contributed by atoms with E-state index in [4.69, 9.17) is 9.47 Å². The van der Waals surface area contributed by atoms with Crippen LogP contribution in [0.5, 0.6) is 0 Å². The Labute approximate surface area is 246 Å². The molecule has 0 radical (unpaired) electrons. The Hall–Kier alpha value is -3.69. The molecule has 0 bridgehead atoms. The number of carbonyl (C=O) groups is 1. The van der Waals surface area contributed by atoms with Crippen molar-refractivity contribution in [3.63, 3.8) is 0 Å². The summed E-state index contributed by atoms with van der Waals surface area (Å²) in [6.45, 7) is 5.70. The number of carbonyl (C=O) groups excluding carboxylic acids is 1. The molecule has 6 rings (SSSR count). The number of amides is 1. The van der Waals surface area contributed by atoms with Crippen LogP contribution >= 0.6 is 0 Å². The van der Waals surface area contributed by atoms with E-state index >= 15 is 0 Å². The topological polar surface area (TPSA) is 96.8 Å². The first-order chi connectivity index (χ1) is 20.6. The molecular weight excluding hydrogens is 528 g/mol. The Kier molecular flexibility index (Phi) is 8.86. The van der Waals surface area contributed by atoms with E-state index in [0.29, 0.717) is 17.8 Å². The Morgan fingerprint density at radius 2 is 1.60 bits per heavy atom. The summed E-state index contributed by atoms with van der Waals surface area (Å²) in [5.41, 5.74) is 5.62. The maximum absolute atomic E-state index is 12.7. The third kappa shape index (κ3) is 6.52. The van der Waals surface area contributed by atoms with Gasteiger partial charge in [-0.3, -0.25) is 9.78 Å². The Bertz CT molecular complexity index is 1490. The fraction of sp³-hybridized carbons (Fsp3) is 0.382. The molecule has 3 heterocycles. The molecule has 218 valence electrons. The average molecular weight is 567 g/mol. The van der Waals surface area contributed by atoms with E-state index < -0.39 is 6.29 Å². The van der Waals surface area contributed by atoms with Crippen LogP contribution < -0.4 is 5.32 Å². The molecule has 4 unspecified atom stereocenters. The molecule has 2 saturated heterocycles. The molecule has 2 N–H and O–H groups in total. The van der Waals surface area contributed by atoms with E-state index in [1.165, 1.54) is 25.5 Å². The van der Waals surface area contributed by atoms with Gasteiger partial charge in [0.2, 0.25) is 0 Å². The van der Waals surface area contributed by atoms with Crippen molar-refractivity contribution < 1.29 is 19.4 Å². The third-order valence-electron chi connectivity index (χ3n) is 8.40. The largest absolute Gasteiger partial charge is 0.392 e. The number of benzene rings is 3. The molecule has 0 saturated carbocycles. The van der Waals surface area contributed by atoms with Gasteiger partial charge >= 0.3 is 0 Å². The summed E-state index contributed by atoms with van der Waals surface area (Å²) in [4.78, 5) is 24.0. The summed E-state index contributed by atoms with van der Waals surface area (Å²) < 4.78 is 13.2. The highest BCUT2D eigenvalue weighted by molar-refractivity contribution is 5.93. The quantitative estimate of drug-likeness (QED) is 0.298. The van der Waals surface area contributed by atoms with Crippen LogP contribution in [0.3, 0.4) is 0 Å². The molecule has 2 aliphatic heterocycles. The minimum Gasteiger partial charge on any atom is -0.392 e. The van der Waals surface area contributed by atoms with Crippen molar-refractivity contribution in [1.29, 1.82) is 0 Å². The van der Waals surface area contributed by atoms with Crippen molar-refractivity contribution in [2.45, 2.75) is 57.8 Å². The molecule has 2 fully saturated rings. The van der Waals surface area contributed by atoms with Crippen LogP contribution in [0.4, 0.5) is 0 Å². The predicted molar refractivity (Wildman–Crippen MR) is 160 cm³/mol. The second-order valence-electron chi connectivity index (χ2n) is 11.4. The van der Waals surface area contributed by atoms with E-state index in [-0.39, 0.29) is 30.6 Å². The van der Waals surface area contributed by atoms with Crippen molar-refractivity contribution in [3.05, 3.63) is 107 Å². The van der Waals surface area contributed by atoms with E-state index in [1.54, 1.807) is 0 Å². The lowest BCUT2D eigenvalue weighted by Crippen LogP contribution is -2.45. The smallest absolute Gasteiger partial charge is 0.271 e. The maximum atomic E-state index is 12.7. The Morgan fingerprint density at radius 1 is 0.905 bits per heavy atom. The lowest BCUT2D eigenvalue weighted by Gasteiger charge is -2.43. The summed E-state index contributed by atoms with van der Waals surface area (Å²) in [6, 6.07) is 23.6. The van der Waals surface area contributed by atoms with Crippen LogP contribution in [0.1, 0.15) is 71.3 Å². The van der Waals surface area contributed by atoms with E-state index in [9.17, 15) is 9.90 Å². The molecule has 4 aromatic rings. The van der Waals surface area contributed by atoms with Crippen LogP contribution in [-0.4, -0.2) is 51.6 Å². The number of likely N-dealkylation sites (tertiary alicyclic amines) is 1. The summed E-state index contributed by atoms with van der Waals surface area (Å²) >= 11 is 0. The highest BCUT2D eigenvalue weighted by atomic mass is 16.7. The molecule has 42 heavy (non-hydrogen) atoms. The van der Waals surface area contributed by atoms with Crippen molar-refractivity contribution in [2.75, 3.05) is 19.6 Å². The van der Waals surface area contributed by atoms with Gasteiger partial charge in [0.05, 0.1) is 36.0 Å². The molecule has 0 spiro atoms. The van der Waals surface area contributed by atoms with Crippen molar-refractivity contribution in [3.8, 4) is 0 Å². The first-order valence-corrected chi connectivity index (χ1v) is 14.9. The van der Waals surface area contributed by atoms with Gasteiger partial charge in [-0.2, -0.15) is 0 Å². The number of para-hydroxylation sites is 2. The van der Waals surface area contributed by atoms with Gasteiger partial charge in [-0.05, 0) is 54.8 Å². The van der Waals surface area contributed by atoms with Crippen molar-refractivity contribution in [1.82, 2.24) is 20.2 Å². The summed E-state index contributed by atoms with van der Waals surface area (Å²) in [5, 5.41) is 12.5. The fourth-order valence-corrected chi connectivity index (χ4v) is 5.86. The number of ether oxygens (including phenoxy) is 2. The van der Waals surface area contributed by atoms with E-state index in [1.807, 2.05) is 60.7 Å². The third-order valence-corrected chi connectivity index (χ3v) is 8.40. The highest BCUT2D eigenvalue weighted by Crippen LogP contribution is 2.42. The number of fused-ring (bicyclic) bond motifs is 1. The molecule has 4 atom stereocenters. The zero-order chi connectivity index (χ0) is 28.9. The first-order valence-electron chi connectivity index (χ1n) is 14.9. The first kappa shape index (κ1) is 28.4. The van der Waals surface area contributed by atoms with Gasteiger partial charge in [0, 0.05) is 24.6 Å². The molecular formula is C34H38N4O4. The normalized spacial score (nSPS) is 23.1. The number of piperidine rings is 1. The number of rotatable bonds is 8. The van der Waals surface area contributed by atoms with Gasteiger partial charge in [0.15, 0.2) is 6.29 Å². The predicted octanol–water partition coefficient (Wildman–Crippen LogP) is 5.33. The zero-order valence-corrected chi connectivity index (χ0v) is 24.0. The molecule has 1 amide bonds. The molecule has 0 aliphatic carbocycles. The standard InChI is InChI=1S/C34H38N4O4/c1-23-31(21-38-17-5-2-6-18-38)41-34(42-32(23)26-13-11-25(22-39)12-14-26)27-15-9-24(10-16-27)19-36-33(40)30-20-35-28-7-3-4-8-29(28)37-30/h3-4,7-16,20,23,31-32,34,39H,2,5-6,17-19,21-22H2,1H3,(H,36,40). The number of nitrogens with zero attached hydrogens (tertiary/aromatic N) is 3. The number of aliphatic hydroxyl groups is 1. The van der Waals surface area contributed by atoms with Gasteiger partial charge in [-0.25, -0.2) is 4.98 Å². The lowest BCUT2D eigenvalue weighted by atomic mass is 9.89. The second kappa shape index (κ2) is 13.1. The minimum absolute atomic E-state index is 0.0198. The van der Waals surface area contributed by atoms with Crippen LogP contribution in [-0.2, 0) is 22.6 Å².